The maximum Gasteiger partial charge on any atom is 0.232 e. The molecule has 0 saturated heterocycles. The fourth-order valence-corrected chi connectivity index (χ4v) is 4.07. The molecule has 1 N–H and O–H groups in total. The van der Waals surface area contributed by atoms with Crippen molar-refractivity contribution in [2.75, 3.05) is 31.3 Å². The average Bonchev–Trinajstić information content (AvgIpc) is 2.70. The Morgan fingerprint density at radius 2 is 1.62 bits per heavy atom. The number of hydrogen-bond acceptors (Lipinski definition) is 5. The standard InChI is InChI=1S/C21H28N2O5S/c1-16(17-10-5-7-12-19(17)27-2)22-21(24)14-9-15-23(29(4,25)26)18-11-6-8-13-20(18)28-3/h5-8,10-13,16H,9,14-15H2,1-4H3,(H,22,24)/t16-/m0/s1. The van der Waals surface area contributed by atoms with Gasteiger partial charge in [0.1, 0.15) is 11.5 Å². The third-order valence-electron chi connectivity index (χ3n) is 4.50. The van der Waals surface area contributed by atoms with E-state index in [2.05, 4.69) is 5.32 Å². The molecule has 0 unspecified atom stereocenters. The van der Waals surface area contributed by atoms with E-state index in [1.807, 2.05) is 31.2 Å². The van der Waals surface area contributed by atoms with E-state index in [9.17, 15) is 13.2 Å². The van der Waals surface area contributed by atoms with E-state index in [0.717, 1.165) is 11.8 Å². The van der Waals surface area contributed by atoms with E-state index in [4.69, 9.17) is 9.47 Å². The largest absolute Gasteiger partial charge is 0.496 e. The molecule has 1 amide bonds. The van der Waals surface area contributed by atoms with Crippen molar-refractivity contribution in [1.82, 2.24) is 5.32 Å². The van der Waals surface area contributed by atoms with Crippen molar-refractivity contribution in [2.45, 2.75) is 25.8 Å². The summed E-state index contributed by atoms with van der Waals surface area (Å²) in [6.07, 6.45) is 1.71. The molecule has 0 fully saturated rings. The number of rotatable bonds is 10. The van der Waals surface area contributed by atoms with Crippen LogP contribution in [0.25, 0.3) is 0 Å². The van der Waals surface area contributed by atoms with Gasteiger partial charge in [0.25, 0.3) is 0 Å². The summed E-state index contributed by atoms with van der Waals surface area (Å²) in [5.41, 5.74) is 1.34. The molecule has 0 heterocycles. The zero-order chi connectivity index (χ0) is 21.4. The van der Waals surface area contributed by atoms with Crippen molar-refractivity contribution in [1.29, 1.82) is 0 Å². The molecule has 29 heavy (non-hydrogen) atoms. The molecule has 8 heteroatoms. The van der Waals surface area contributed by atoms with Crippen LogP contribution in [0.5, 0.6) is 11.5 Å². The highest BCUT2D eigenvalue weighted by Crippen LogP contribution is 2.30. The summed E-state index contributed by atoms with van der Waals surface area (Å²) in [7, 11) is -0.438. The maximum absolute atomic E-state index is 12.4. The number of amides is 1. The Kier molecular flexibility index (Phi) is 7.90. The molecule has 0 spiro atoms. The SMILES string of the molecule is COc1ccccc1[C@H](C)NC(=O)CCCN(c1ccccc1OC)S(C)(=O)=O. The number of hydrogen-bond donors (Lipinski definition) is 1. The molecule has 7 nitrogen and oxygen atoms in total. The van der Waals surface area contributed by atoms with Gasteiger partial charge in [-0.15, -0.1) is 0 Å². The number of carbonyl (C=O) groups excluding carboxylic acids is 1. The fraction of sp³-hybridized carbons (Fsp3) is 0.381. The van der Waals surface area contributed by atoms with Crippen LogP contribution in [-0.4, -0.2) is 41.3 Å². The van der Waals surface area contributed by atoms with Crippen molar-refractivity contribution in [3.63, 3.8) is 0 Å². The molecule has 158 valence electrons. The summed E-state index contributed by atoms with van der Waals surface area (Å²) in [5, 5.41) is 2.93. The topological polar surface area (TPSA) is 84.9 Å². The Hall–Kier alpha value is -2.74. The van der Waals surface area contributed by atoms with Crippen molar-refractivity contribution in [3.05, 3.63) is 54.1 Å². The molecule has 0 aliphatic heterocycles. The van der Waals surface area contributed by atoms with Gasteiger partial charge in [-0.25, -0.2) is 8.42 Å². The van der Waals surface area contributed by atoms with Gasteiger partial charge in [-0.1, -0.05) is 30.3 Å². The summed E-state index contributed by atoms with van der Waals surface area (Å²) in [5.74, 6) is 1.02. The van der Waals surface area contributed by atoms with Crippen LogP contribution in [-0.2, 0) is 14.8 Å². The van der Waals surface area contributed by atoms with Crippen molar-refractivity contribution < 1.29 is 22.7 Å². The van der Waals surface area contributed by atoms with Crippen LogP contribution in [0.4, 0.5) is 5.69 Å². The fourth-order valence-electron chi connectivity index (χ4n) is 3.10. The number of anilines is 1. The van der Waals surface area contributed by atoms with E-state index in [-0.39, 0.29) is 24.9 Å². The lowest BCUT2D eigenvalue weighted by Crippen LogP contribution is -2.33. The Morgan fingerprint density at radius 3 is 2.24 bits per heavy atom. The summed E-state index contributed by atoms with van der Waals surface area (Å²) in [4.78, 5) is 12.4. The summed E-state index contributed by atoms with van der Waals surface area (Å²) >= 11 is 0. The Morgan fingerprint density at radius 1 is 1.03 bits per heavy atom. The van der Waals surface area contributed by atoms with E-state index in [1.54, 1.807) is 31.4 Å². The van der Waals surface area contributed by atoms with Gasteiger partial charge in [0.05, 0.1) is 32.2 Å². The minimum atomic E-state index is -3.52. The third-order valence-corrected chi connectivity index (χ3v) is 5.68. The summed E-state index contributed by atoms with van der Waals surface area (Å²) in [6, 6.07) is 14.2. The highest BCUT2D eigenvalue weighted by atomic mass is 32.2. The number of methoxy groups -OCH3 is 2. The van der Waals surface area contributed by atoms with Gasteiger partial charge in [-0.2, -0.15) is 0 Å². The van der Waals surface area contributed by atoms with E-state index in [0.29, 0.717) is 23.6 Å². The first-order valence-electron chi connectivity index (χ1n) is 9.31. The number of para-hydroxylation sites is 3. The predicted octanol–water partition coefficient (Wildman–Crippen LogP) is 3.13. The minimum Gasteiger partial charge on any atom is -0.496 e. The predicted molar refractivity (Wildman–Crippen MR) is 114 cm³/mol. The monoisotopic (exact) mass is 420 g/mol. The zero-order valence-electron chi connectivity index (χ0n) is 17.2. The average molecular weight is 421 g/mol. The molecule has 0 radical (unpaired) electrons. The van der Waals surface area contributed by atoms with E-state index < -0.39 is 10.0 Å². The first-order chi connectivity index (χ1) is 13.8. The molecule has 2 rings (SSSR count). The number of nitrogens with zero attached hydrogens (tertiary/aromatic N) is 1. The number of sulfonamides is 1. The number of carbonyl (C=O) groups is 1. The molecule has 0 saturated carbocycles. The summed E-state index contributed by atoms with van der Waals surface area (Å²) < 4.78 is 36.4. The minimum absolute atomic E-state index is 0.156. The van der Waals surface area contributed by atoms with Crippen LogP contribution in [0.3, 0.4) is 0 Å². The quantitative estimate of drug-likeness (QED) is 0.638. The van der Waals surface area contributed by atoms with Crippen LogP contribution in [0.15, 0.2) is 48.5 Å². The lowest BCUT2D eigenvalue weighted by molar-refractivity contribution is -0.121. The van der Waals surface area contributed by atoms with Gasteiger partial charge in [0, 0.05) is 18.5 Å². The van der Waals surface area contributed by atoms with Crippen LogP contribution in [0, 0.1) is 0 Å². The third kappa shape index (κ3) is 6.12. The second-order valence-corrected chi connectivity index (χ2v) is 8.55. The van der Waals surface area contributed by atoms with Crippen LogP contribution >= 0.6 is 0 Å². The highest BCUT2D eigenvalue weighted by Gasteiger charge is 2.21. The van der Waals surface area contributed by atoms with Crippen LogP contribution < -0.4 is 19.1 Å². The molecule has 0 aromatic heterocycles. The second kappa shape index (κ2) is 10.2. The number of nitrogens with one attached hydrogen (secondary N) is 1. The first kappa shape index (κ1) is 22.5. The van der Waals surface area contributed by atoms with Crippen molar-refractivity contribution >= 4 is 21.6 Å². The van der Waals surface area contributed by atoms with Crippen LogP contribution in [0.1, 0.15) is 31.4 Å². The maximum atomic E-state index is 12.4. The molecule has 2 aromatic carbocycles. The molecular formula is C21H28N2O5S. The molecule has 0 aliphatic rings. The Balaban J connectivity index is 2.00. The second-order valence-electron chi connectivity index (χ2n) is 6.64. The van der Waals surface area contributed by atoms with Crippen LogP contribution in [0.2, 0.25) is 0 Å². The van der Waals surface area contributed by atoms with Crippen molar-refractivity contribution in [3.8, 4) is 11.5 Å². The molecule has 2 aromatic rings. The molecule has 0 aliphatic carbocycles. The zero-order valence-corrected chi connectivity index (χ0v) is 18.0. The lowest BCUT2D eigenvalue weighted by Gasteiger charge is -2.24. The smallest absolute Gasteiger partial charge is 0.232 e. The lowest BCUT2D eigenvalue weighted by atomic mass is 10.1. The molecule has 1 atom stereocenters. The Bertz CT molecular complexity index is 930. The van der Waals surface area contributed by atoms with E-state index in [1.165, 1.54) is 11.4 Å². The van der Waals surface area contributed by atoms with Crippen molar-refractivity contribution in [2.24, 2.45) is 0 Å². The van der Waals surface area contributed by atoms with Gasteiger partial charge in [-0.3, -0.25) is 9.10 Å². The highest BCUT2D eigenvalue weighted by molar-refractivity contribution is 7.92. The van der Waals surface area contributed by atoms with E-state index >= 15 is 0 Å². The molecular weight excluding hydrogens is 392 g/mol. The van der Waals surface area contributed by atoms with Gasteiger partial charge in [0.2, 0.25) is 15.9 Å². The van der Waals surface area contributed by atoms with Gasteiger partial charge < -0.3 is 14.8 Å². The first-order valence-corrected chi connectivity index (χ1v) is 11.2. The summed E-state index contributed by atoms with van der Waals surface area (Å²) in [6.45, 7) is 2.06. The van der Waals surface area contributed by atoms with Gasteiger partial charge in [0.15, 0.2) is 0 Å². The number of ether oxygens (including phenoxy) is 2. The van der Waals surface area contributed by atoms with Gasteiger partial charge >= 0.3 is 0 Å². The normalized spacial score (nSPS) is 12.1. The molecule has 0 bridgehead atoms. The number of benzene rings is 2. The van der Waals surface area contributed by atoms with Gasteiger partial charge in [-0.05, 0) is 31.5 Å². The Labute approximate surface area is 172 Å².